The lowest BCUT2D eigenvalue weighted by atomic mass is 10.1. The van der Waals surface area contributed by atoms with E-state index in [1.165, 1.54) is 6.07 Å². The number of aromatic nitrogens is 5. The van der Waals surface area contributed by atoms with Crippen LogP contribution in [0, 0.1) is 23.5 Å². The van der Waals surface area contributed by atoms with Gasteiger partial charge >= 0.3 is 0 Å². The molecule has 0 radical (unpaired) electrons. The zero-order valence-electron chi connectivity index (χ0n) is 17.3. The van der Waals surface area contributed by atoms with Gasteiger partial charge in [0.05, 0.1) is 17.8 Å². The van der Waals surface area contributed by atoms with Crippen molar-refractivity contribution in [3.63, 3.8) is 0 Å². The van der Waals surface area contributed by atoms with E-state index in [-0.39, 0.29) is 29.6 Å². The number of amides is 1. The van der Waals surface area contributed by atoms with Crippen LogP contribution in [0.5, 0.6) is 0 Å². The number of hydrogen-bond donors (Lipinski definition) is 3. The topological polar surface area (TPSA) is 108 Å². The first-order valence-corrected chi connectivity index (χ1v) is 10.7. The Morgan fingerprint density at radius 2 is 1.85 bits per heavy atom. The number of anilines is 1. The van der Waals surface area contributed by atoms with Crippen LogP contribution in [0.4, 0.5) is 14.6 Å². The van der Waals surface area contributed by atoms with E-state index in [0.29, 0.717) is 40.5 Å². The molecule has 2 aliphatic rings. The molecule has 4 aromatic rings. The van der Waals surface area contributed by atoms with Crippen molar-refractivity contribution in [1.29, 1.82) is 0 Å². The van der Waals surface area contributed by atoms with Crippen LogP contribution < -0.4 is 10.6 Å². The Morgan fingerprint density at radius 3 is 2.70 bits per heavy atom. The number of halogens is 2. The van der Waals surface area contributed by atoms with Crippen molar-refractivity contribution >= 4 is 22.8 Å². The minimum Gasteiger partial charge on any atom is -0.364 e. The van der Waals surface area contributed by atoms with Gasteiger partial charge in [-0.1, -0.05) is 18.2 Å². The van der Waals surface area contributed by atoms with Gasteiger partial charge in [0, 0.05) is 17.6 Å². The molecule has 0 bridgehead atoms. The number of nitrogens with zero attached hydrogens (tertiary/aromatic N) is 4. The normalized spacial score (nSPS) is 23.3. The second kappa shape index (κ2) is 7.58. The van der Waals surface area contributed by atoms with E-state index in [2.05, 4.69) is 35.8 Å². The van der Waals surface area contributed by atoms with Crippen LogP contribution >= 0.6 is 0 Å². The first kappa shape index (κ1) is 19.7. The standard InChI is InChI=1S/C23H19F2N7O/c24-12-6-15-19(31-32-20(15)26-9-12)22-27-10-16(25)21(30-22)28-17-8-18(14-7-13(14)17)29-23(33)11-4-2-1-3-5-11/h1-6,9-10,13-14,17-18H,7-8H2,(H,29,33)(H,26,31,32)(H,27,28,30)/t13-,14+,17+,18-/m0/s1. The maximum Gasteiger partial charge on any atom is 0.251 e. The summed E-state index contributed by atoms with van der Waals surface area (Å²) in [5, 5.41) is 13.5. The highest BCUT2D eigenvalue weighted by atomic mass is 19.1. The van der Waals surface area contributed by atoms with Crippen molar-refractivity contribution < 1.29 is 13.6 Å². The second-order valence-corrected chi connectivity index (χ2v) is 8.51. The van der Waals surface area contributed by atoms with E-state index in [9.17, 15) is 13.6 Å². The lowest BCUT2D eigenvalue weighted by Crippen LogP contribution is -2.36. The summed E-state index contributed by atoms with van der Waals surface area (Å²) >= 11 is 0. The van der Waals surface area contributed by atoms with Crippen molar-refractivity contribution in [2.45, 2.75) is 24.9 Å². The number of pyridine rings is 1. The molecule has 6 rings (SSSR count). The van der Waals surface area contributed by atoms with Crippen LogP contribution in [-0.2, 0) is 0 Å². The number of aromatic amines is 1. The van der Waals surface area contributed by atoms with Gasteiger partial charge in [0.15, 0.2) is 23.1 Å². The number of hydrogen-bond acceptors (Lipinski definition) is 6. The molecule has 0 aliphatic heterocycles. The molecule has 2 aliphatic carbocycles. The molecule has 3 N–H and O–H groups in total. The second-order valence-electron chi connectivity index (χ2n) is 8.51. The van der Waals surface area contributed by atoms with Gasteiger partial charge in [0.2, 0.25) is 0 Å². The summed E-state index contributed by atoms with van der Waals surface area (Å²) in [6.07, 6.45) is 3.80. The lowest BCUT2D eigenvalue weighted by Gasteiger charge is -2.19. The average molecular weight is 447 g/mol. The van der Waals surface area contributed by atoms with E-state index in [1.54, 1.807) is 12.1 Å². The molecule has 2 saturated carbocycles. The zero-order valence-corrected chi connectivity index (χ0v) is 17.3. The van der Waals surface area contributed by atoms with Crippen molar-refractivity contribution in [2.75, 3.05) is 5.32 Å². The van der Waals surface area contributed by atoms with E-state index in [1.807, 2.05) is 18.2 Å². The van der Waals surface area contributed by atoms with Crippen LogP contribution in [0.1, 0.15) is 23.2 Å². The van der Waals surface area contributed by atoms with Crippen LogP contribution in [0.25, 0.3) is 22.6 Å². The predicted octanol–water partition coefficient (Wildman–Crippen LogP) is 3.31. The SMILES string of the molecule is O=C(N[C@H]1C[C@@H](Nc2nc(-c3[nH]nc4ncc(F)cc34)ncc2F)[C@H]2C[C@H]21)c1ccccc1. The molecule has 3 aromatic heterocycles. The number of benzene rings is 1. The first-order chi connectivity index (χ1) is 16.1. The minimum atomic E-state index is -0.583. The number of H-pyrrole nitrogens is 1. The number of carbonyl (C=O) groups excluding carboxylic acids is 1. The highest BCUT2D eigenvalue weighted by molar-refractivity contribution is 5.94. The summed E-state index contributed by atoms with van der Waals surface area (Å²) in [7, 11) is 0. The van der Waals surface area contributed by atoms with Gasteiger partial charge in [-0.3, -0.25) is 9.89 Å². The third-order valence-electron chi connectivity index (χ3n) is 6.45. The van der Waals surface area contributed by atoms with Crippen LogP contribution in [0.2, 0.25) is 0 Å². The summed E-state index contributed by atoms with van der Waals surface area (Å²) in [5.74, 6) is -0.235. The molecule has 2 fully saturated rings. The summed E-state index contributed by atoms with van der Waals surface area (Å²) in [6, 6.07) is 10.4. The molecule has 0 saturated heterocycles. The van der Waals surface area contributed by atoms with E-state index in [0.717, 1.165) is 18.8 Å². The van der Waals surface area contributed by atoms with Crippen LogP contribution in [0.3, 0.4) is 0 Å². The molecular formula is C23H19F2N7O. The van der Waals surface area contributed by atoms with Crippen molar-refractivity contribution in [2.24, 2.45) is 11.8 Å². The molecule has 0 spiro atoms. The lowest BCUT2D eigenvalue weighted by molar-refractivity contribution is 0.0933. The summed E-state index contributed by atoms with van der Waals surface area (Å²) in [4.78, 5) is 24.8. The minimum absolute atomic E-state index is 0.0223. The highest BCUT2D eigenvalue weighted by Gasteiger charge is 2.55. The molecule has 1 aromatic carbocycles. The molecule has 166 valence electrons. The highest BCUT2D eigenvalue weighted by Crippen LogP contribution is 2.52. The third-order valence-corrected chi connectivity index (χ3v) is 6.45. The van der Waals surface area contributed by atoms with Gasteiger partial charge in [-0.05, 0) is 42.9 Å². The molecule has 33 heavy (non-hydrogen) atoms. The van der Waals surface area contributed by atoms with Gasteiger partial charge < -0.3 is 10.6 Å². The van der Waals surface area contributed by atoms with Gasteiger partial charge in [-0.15, -0.1) is 0 Å². The predicted molar refractivity (Wildman–Crippen MR) is 116 cm³/mol. The van der Waals surface area contributed by atoms with Crippen molar-refractivity contribution in [1.82, 2.24) is 30.5 Å². The zero-order chi connectivity index (χ0) is 22.5. The number of carbonyl (C=O) groups is 1. The van der Waals surface area contributed by atoms with E-state index in [4.69, 9.17) is 0 Å². The Morgan fingerprint density at radius 1 is 1.03 bits per heavy atom. The van der Waals surface area contributed by atoms with Gasteiger partial charge in [0.25, 0.3) is 5.91 Å². The van der Waals surface area contributed by atoms with E-state index >= 15 is 0 Å². The Bertz CT molecular complexity index is 1360. The molecule has 0 unspecified atom stereocenters. The largest absolute Gasteiger partial charge is 0.364 e. The Labute approximate surface area is 186 Å². The molecular weight excluding hydrogens is 428 g/mol. The maximum absolute atomic E-state index is 14.6. The van der Waals surface area contributed by atoms with Crippen molar-refractivity contribution in [3.8, 4) is 11.5 Å². The smallest absolute Gasteiger partial charge is 0.251 e. The number of nitrogens with one attached hydrogen (secondary N) is 3. The fourth-order valence-corrected chi connectivity index (χ4v) is 4.77. The molecule has 3 heterocycles. The van der Waals surface area contributed by atoms with Crippen LogP contribution in [-0.4, -0.2) is 43.1 Å². The molecule has 10 heteroatoms. The van der Waals surface area contributed by atoms with Gasteiger partial charge in [-0.2, -0.15) is 5.10 Å². The average Bonchev–Trinajstić information content (AvgIpc) is 3.42. The van der Waals surface area contributed by atoms with Crippen LogP contribution in [0.15, 0.2) is 48.8 Å². The molecule has 8 nitrogen and oxygen atoms in total. The van der Waals surface area contributed by atoms with Gasteiger partial charge in [0.1, 0.15) is 11.5 Å². The first-order valence-electron chi connectivity index (χ1n) is 10.7. The summed E-state index contributed by atoms with van der Waals surface area (Å²) in [5.41, 5.74) is 1.31. The summed E-state index contributed by atoms with van der Waals surface area (Å²) in [6.45, 7) is 0. The Kier molecular flexibility index (Phi) is 4.53. The Hall–Kier alpha value is -3.95. The fourth-order valence-electron chi connectivity index (χ4n) is 4.77. The third kappa shape index (κ3) is 3.57. The molecule has 4 atom stereocenters. The Balaban J connectivity index is 1.20. The quantitative estimate of drug-likeness (QED) is 0.433. The van der Waals surface area contributed by atoms with E-state index < -0.39 is 11.6 Å². The monoisotopic (exact) mass is 447 g/mol. The number of rotatable bonds is 5. The fraction of sp³-hybridized carbons (Fsp3) is 0.261. The maximum atomic E-state index is 14.6. The van der Waals surface area contributed by atoms with Gasteiger partial charge in [-0.25, -0.2) is 23.7 Å². The molecule has 1 amide bonds. The number of fused-ring (bicyclic) bond motifs is 2. The van der Waals surface area contributed by atoms with Crippen molar-refractivity contribution in [3.05, 3.63) is 66.0 Å². The summed E-state index contributed by atoms with van der Waals surface area (Å²) < 4.78 is 28.2.